The average Bonchev–Trinajstić information content (AvgIpc) is 2.81. The molecule has 1 aromatic carbocycles. The summed E-state index contributed by atoms with van der Waals surface area (Å²) in [6, 6.07) is 8.38. The van der Waals surface area contributed by atoms with Crippen molar-refractivity contribution in [2.75, 3.05) is 13.2 Å². The fourth-order valence-electron chi connectivity index (χ4n) is 2.76. The largest absolute Gasteiger partial charge is 0.381 e. The second-order valence-electron chi connectivity index (χ2n) is 5.30. The molecular weight excluding hydrogens is 322 g/mol. The predicted octanol–water partition coefficient (Wildman–Crippen LogP) is 4.27. The maximum absolute atomic E-state index is 5.53. The fraction of sp³-hybridized carbons (Fsp3) is 0.533. The number of benzene rings is 1. The van der Waals surface area contributed by atoms with Gasteiger partial charge in [0.25, 0.3) is 0 Å². The Hall–Kier alpha value is -0.450. The number of nitrogens with zero attached hydrogens (tertiary/aromatic N) is 1. The van der Waals surface area contributed by atoms with E-state index in [2.05, 4.69) is 47.1 Å². The van der Waals surface area contributed by atoms with Crippen LogP contribution in [-0.4, -0.2) is 23.0 Å². The molecule has 0 amide bonds. The van der Waals surface area contributed by atoms with Crippen LogP contribution in [0.3, 0.4) is 0 Å². The first-order valence-electron chi connectivity index (χ1n) is 6.80. The first-order chi connectivity index (χ1) is 9.24. The summed E-state index contributed by atoms with van der Waals surface area (Å²) in [7, 11) is 0. The molecule has 1 aliphatic rings. The van der Waals surface area contributed by atoms with E-state index in [1.165, 1.54) is 9.71 Å². The number of thiazole rings is 1. The van der Waals surface area contributed by atoms with Crippen LogP contribution in [0.15, 0.2) is 24.3 Å². The van der Waals surface area contributed by atoms with Crippen LogP contribution in [0.25, 0.3) is 10.2 Å². The molecule has 19 heavy (non-hydrogen) atoms. The van der Waals surface area contributed by atoms with Crippen molar-refractivity contribution in [2.45, 2.75) is 24.6 Å². The highest BCUT2D eigenvalue weighted by Crippen LogP contribution is 2.32. The predicted molar refractivity (Wildman–Crippen MR) is 84.1 cm³/mol. The Balaban J connectivity index is 1.73. The van der Waals surface area contributed by atoms with Gasteiger partial charge in [0, 0.05) is 24.5 Å². The molecule has 3 atom stereocenters. The van der Waals surface area contributed by atoms with Gasteiger partial charge in [-0.15, -0.1) is 11.3 Å². The molecule has 1 fully saturated rings. The number of alkyl halides is 1. The number of ether oxygens (including phenoxy) is 1. The maximum atomic E-state index is 5.53. The maximum Gasteiger partial charge on any atom is 0.0949 e. The van der Waals surface area contributed by atoms with E-state index in [1.54, 1.807) is 0 Å². The summed E-state index contributed by atoms with van der Waals surface area (Å²) in [6.45, 7) is 4.08. The standard InChI is InChI=1S/C15H18BrNOS/c1-10-9-18-7-6-11(10)12(16)8-15-17-13-4-2-3-5-14(13)19-15/h2-5,10-12H,6-9H2,1H3. The molecule has 3 rings (SSSR count). The van der Waals surface area contributed by atoms with Gasteiger partial charge in [0.1, 0.15) is 0 Å². The second kappa shape index (κ2) is 5.90. The van der Waals surface area contributed by atoms with Gasteiger partial charge in [-0.05, 0) is 30.4 Å². The summed E-state index contributed by atoms with van der Waals surface area (Å²) >= 11 is 5.70. The minimum absolute atomic E-state index is 0.506. The molecule has 2 aromatic rings. The lowest BCUT2D eigenvalue weighted by Gasteiger charge is -2.32. The lowest BCUT2D eigenvalue weighted by atomic mass is 9.86. The second-order valence-corrected chi connectivity index (χ2v) is 7.59. The molecule has 1 aliphatic heterocycles. The molecule has 2 heterocycles. The minimum Gasteiger partial charge on any atom is -0.381 e. The van der Waals surface area contributed by atoms with E-state index < -0.39 is 0 Å². The number of rotatable bonds is 3. The van der Waals surface area contributed by atoms with Gasteiger partial charge in [0.15, 0.2) is 0 Å². The molecular formula is C15H18BrNOS. The van der Waals surface area contributed by atoms with Crippen molar-refractivity contribution in [1.29, 1.82) is 0 Å². The summed E-state index contributed by atoms with van der Waals surface area (Å²) < 4.78 is 6.82. The lowest BCUT2D eigenvalue weighted by Crippen LogP contribution is -2.32. The van der Waals surface area contributed by atoms with Gasteiger partial charge < -0.3 is 4.74 Å². The topological polar surface area (TPSA) is 22.1 Å². The van der Waals surface area contributed by atoms with Gasteiger partial charge in [0.2, 0.25) is 0 Å². The van der Waals surface area contributed by atoms with Gasteiger partial charge in [-0.2, -0.15) is 0 Å². The zero-order chi connectivity index (χ0) is 13.2. The third-order valence-corrected chi connectivity index (χ3v) is 5.94. The highest BCUT2D eigenvalue weighted by molar-refractivity contribution is 9.09. The van der Waals surface area contributed by atoms with Crippen molar-refractivity contribution >= 4 is 37.5 Å². The third-order valence-electron chi connectivity index (χ3n) is 3.88. The Morgan fingerprint density at radius 1 is 1.47 bits per heavy atom. The Bertz CT molecular complexity index is 523. The van der Waals surface area contributed by atoms with Crippen LogP contribution in [0, 0.1) is 11.8 Å². The molecule has 4 heteroatoms. The molecule has 1 saturated heterocycles. The zero-order valence-corrected chi connectivity index (χ0v) is 13.4. The van der Waals surface area contributed by atoms with E-state index >= 15 is 0 Å². The zero-order valence-electron chi connectivity index (χ0n) is 11.0. The Morgan fingerprint density at radius 3 is 3.11 bits per heavy atom. The van der Waals surface area contributed by atoms with Gasteiger partial charge in [0.05, 0.1) is 15.2 Å². The quantitative estimate of drug-likeness (QED) is 0.779. The van der Waals surface area contributed by atoms with Crippen molar-refractivity contribution in [3.8, 4) is 0 Å². The van der Waals surface area contributed by atoms with Crippen LogP contribution >= 0.6 is 27.3 Å². The van der Waals surface area contributed by atoms with E-state index in [0.29, 0.717) is 16.7 Å². The van der Waals surface area contributed by atoms with Gasteiger partial charge in [-0.1, -0.05) is 35.0 Å². The minimum atomic E-state index is 0.506. The monoisotopic (exact) mass is 339 g/mol. The molecule has 3 unspecified atom stereocenters. The smallest absolute Gasteiger partial charge is 0.0949 e. The fourth-order valence-corrected chi connectivity index (χ4v) is 5.09. The summed E-state index contributed by atoms with van der Waals surface area (Å²) in [6.07, 6.45) is 2.18. The number of fused-ring (bicyclic) bond motifs is 1. The van der Waals surface area contributed by atoms with Gasteiger partial charge >= 0.3 is 0 Å². The highest BCUT2D eigenvalue weighted by atomic mass is 79.9. The molecule has 0 saturated carbocycles. The Morgan fingerprint density at radius 2 is 2.32 bits per heavy atom. The van der Waals surface area contributed by atoms with E-state index in [1.807, 2.05) is 11.3 Å². The first-order valence-corrected chi connectivity index (χ1v) is 8.53. The molecule has 0 aliphatic carbocycles. The molecule has 0 spiro atoms. The highest BCUT2D eigenvalue weighted by Gasteiger charge is 2.28. The van der Waals surface area contributed by atoms with Crippen LogP contribution in [0.4, 0.5) is 0 Å². The molecule has 0 N–H and O–H groups in total. The van der Waals surface area contributed by atoms with Crippen molar-refractivity contribution < 1.29 is 4.74 Å². The summed E-state index contributed by atoms with van der Waals surface area (Å²) in [4.78, 5) is 5.24. The van der Waals surface area contributed by atoms with E-state index in [0.717, 1.165) is 31.6 Å². The average molecular weight is 340 g/mol. The van der Waals surface area contributed by atoms with Gasteiger partial charge in [-0.3, -0.25) is 0 Å². The number of aromatic nitrogens is 1. The molecule has 0 bridgehead atoms. The summed E-state index contributed by atoms with van der Waals surface area (Å²) in [5.41, 5.74) is 1.13. The van der Waals surface area contributed by atoms with Crippen LogP contribution in [-0.2, 0) is 11.2 Å². The number of para-hydroxylation sites is 1. The van der Waals surface area contributed by atoms with E-state index in [4.69, 9.17) is 9.72 Å². The van der Waals surface area contributed by atoms with Crippen molar-refractivity contribution in [3.63, 3.8) is 0 Å². The Labute approximate surface area is 126 Å². The summed E-state index contributed by atoms with van der Waals surface area (Å²) in [5.74, 6) is 1.33. The SMILES string of the molecule is CC1COCCC1C(Br)Cc1nc2ccccc2s1. The van der Waals surface area contributed by atoms with E-state index in [-0.39, 0.29) is 0 Å². The Kier molecular flexibility index (Phi) is 4.20. The lowest BCUT2D eigenvalue weighted by molar-refractivity contribution is 0.0242. The normalized spacial score (nSPS) is 25.6. The van der Waals surface area contributed by atoms with Crippen molar-refractivity contribution in [2.24, 2.45) is 11.8 Å². The van der Waals surface area contributed by atoms with Crippen molar-refractivity contribution in [3.05, 3.63) is 29.3 Å². The van der Waals surface area contributed by atoms with E-state index in [9.17, 15) is 0 Å². The van der Waals surface area contributed by atoms with Crippen LogP contribution < -0.4 is 0 Å². The molecule has 2 nitrogen and oxygen atoms in total. The summed E-state index contributed by atoms with van der Waals surface area (Å²) in [5, 5.41) is 1.24. The number of hydrogen-bond acceptors (Lipinski definition) is 3. The molecule has 102 valence electrons. The molecule has 1 aromatic heterocycles. The molecule has 0 radical (unpaired) electrons. The first kappa shape index (κ1) is 13.5. The number of hydrogen-bond donors (Lipinski definition) is 0. The van der Waals surface area contributed by atoms with Crippen molar-refractivity contribution in [1.82, 2.24) is 4.98 Å². The number of halogens is 1. The van der Waals surface area contributed by atoms with Crippen LogP contribution in [0.2, 0.25) is 0 Å². The van der Waals surface area contributed by atoms with Crippen LogP contribution in [0.1, 0.15) is 18.4 Å². The third kappa shape index (κ3) is 3.01. The van der Waals surface area contributed by atoms with Gasteiger partial charge in [-0.25, -0.2) is 4.98 Å². The van der Waals surface area contributed by atoms with Crippen LogP contribution in [0.5, 0.6) is 0 Å².